The van der Waals surface area contributed by atoms with Crippen LogP contribution < -0.4 is 15.9 Å². The number of nitrogens with zero attached hydrogens (tertiary/aromatic N) is 4. The van der Waals surface area contributed by atoms with Gasteiger partial charge in [-0.3, -0.25) is 19.1 Å². The molecule has 8 nitrogen and oxygen atoms in total. The summed E-state index contributed by atoms with van der Waals surface area (Å²) in [6.07, 6.45) is 0.385. The smallest absolute Gasteiger partial charge is 0.295 e. The zero-order valence-corrected chi connectivity index (χ0v) is 16.7. The van der Waals surface area contributed by atoms with Crippen molar-refractivity contribution in [1.82, 2.24) is 9.36 Å². The molecule has 2 aromatic carbocycles. The molecule has 1 aliphatic rings. The Kier molecular flexibility index (Phi) is 5.05. The van der Waals surface area contributed by atoms with Crippen molar-refractivity contribution < 1.29 is 9.59 Å². The van der Waals surface area contributed by atoms with E-state index in [9.17, 15) is 14.4 Å². The van der Waals surface area contributed by atoms with Crippen LogP contribution in [0.1, 0.15) is 18.5 Å². The maximum Gasteiger partial charge on any atom is 0.295 e. The largest absolute Gasteiger partial charge is 0.315 e. The molecule has 2 amide bonds. The fourth-order valence-electron chi connectivity index (χ4n) is 3.39. The van der Waals surface area contributed by atoms with Crippen LogP contribution in [0.4, 0.5) is 11.4 Å². The summed E-state index contributed by atoms with van der Waals surface area (Å²) in [7, 11) is 1.76. The summed E-state index contributed by atoms with van der Waals surface area (Å²) in [6, 6.07) is 18.1. The molecule has 0 unspecified atom stereocenters. The first-order valence-corrected chi connectivity index (χ1v) is 9.58. The van der Waals surface area contributed by atoms with Gasteiger partial charge in [-0.15, -0.1) is 0 Å². The fraction of sp³-hybridized carbons (Fsp3) is 0.182. The van der Waals surface area contributed by atoms with Crippen molar-refractivity contribution in [1.29, 1.82) is 0 Å². The molecule has 0 atom stereocenters. The Morgan fingerprint density at radius 1 is 0.933 bits per heavy atom. The topological polar surface area (TPSA) is 88.7 Å². The van der Waals surface area contributed by atoms with Gasteiger partial charge < -0.3 is 5.32 Å². The highest BCUT2D eigenvalue weighted by atomic mass is 16.2. The molecule has 3 aromatic rings. The first kappa shape index (κ1) is 19.4. The summed E-state index contributed by atoms with van der Waals surface area (Å²) < 4.78 is 3.18. The molecule has 8 heteroatoms. The van der Waals surface area contributed by atoms with E-state index in [1.807, 2.05) is 36.4 Å². The number of hydrogen-bond acceptors (Lipinski definition) is 4. The van der Waals surface area contributed by atoms with Crippen LogP contribution in [0.25, 0.3) is 5.69 Å². The number of hydrazone groups is 1. The van der Waals surface area contributed by atoms with E-state index in [4.69, 9.17) is 0 Å². The van der Waals surface area contributed by atoms with Crippen molar-refractivity contribution in [2.24, 2.45) is 12.1 Å². The van der Waals surface area contributed by atoms with Gasteiger partial charge in [-0.2, -0.15) is 5.10 Å². The van der Waals surface area contributed by atoms with E-state index >= 15 is 0 Å². The number of para-hydroxylation sites is 2. The van der Waals surface area contributed by atoms with Crippen LogP contribution >= 0.6 is 0 Å². The van der Waals surface area contributed by atoms with Crippen LogP contribution in [0.5, 0.6) is 0 Å². The number of anilines is 2. The fourth-order valence-corrected chi connectivity index (χ4v) is 3.39. The summed E-state index contributed by atoms with van der Waals surface area (Å²) in [5, 5.41) is 8.19. The third kappa shape index (κ3) is 3.43. The third-order valence-corrected chi connectivity index (χ3v) is 5.09. The summed E-state index contributed by atoms with van der Waals surface area (Å²) >= 11 is 0. The number of amides is 2. The summed E-state index contributed by atoms with van der Waals surface area (Å²) in [5.41, 5.74) is 1.97. The van der Waals surface area contributed by atoms with E-state index in [1.54, 1.807) is 42.9 Å². The molecule has 1 aliphatic heterocycles. The molecule has 0 aliphatic carbocycles. The maximum absolute atomic E-state index is 13.0. The third-order valence-electron chi connectivity index (χ3n) is 5.09. The second kappa shape index (κ2) is 7.82. The second-order valence-electron chi connectivity index (χ2n) is 6.98. The lowest BCUT2D eigenvalue weighted by Crippen LogP contribution is -2.37. The predicted octanol–water partition coefficient (Wildman–Crippen LogP) is 2.61. The van der Waals surface area contributed by atoms with Crippen LogP contribution in [-0.4, -0.2) is 26.9 Å². The molecule has 0 radical (unpaired) electrons. The van der Waals surface area contributed by atoms with Crippen molar-refractivity contribution in [3.05, 3.63) is 76.7 Å². The highest BCUT2D eigenvalue weighted by molar-refractivity contribution is 6.44. The lowest BCUT2D eigenvalue weighted by molar-refractivity contribution is -0.118. The van der Waals surface area contributed by atoms with Gasteiger partial charge in [-0.25, -0.2) is 9.69 Å². The molecule has 30 heavy (non-hydrogen) atoms. The van der Waals surface area contributed by atoms with E-state index in [1.165, 1.54) is 9.69 Å². The van der Waals surface area contributed by atoms with Crippen LogP contribution in [0.2, 0.25) is 0 Å². The quantitative estimate of drug-likeness (QED) is 0.726. The molecular formula is C22H21N5O3. The highest BCUT2D eigenvalue weighted by Crippen LogP contribution is 2.20. The standard InChI is InChI=1S/C22H21N5O3/c1-15-20(22(30)27(25(15)2)17-11-7-4-8-12-17)23-21(29)18-13-14-19(28)26(24-18)16-9-5-3-6-10-16/h3-12H,13-14H2,1-2H3,(H,23,29). The molecular weight excluding hydrogens is 382 g/mol. The number of hydrogen-bond donors (Lipinski definition) is 1. The molecule has 152 valence electrons. The van der Waals surface area contributed by atoms with Crippen molar-refractivity contribution >= 4 is 28.9 Å². The summed E-state index contributed by atoms with van der Waals surface area (Å²) in [6.45, 7) is 1.76. The van der Waals surface area contributed by atoms with Gasteiger partial charge in [0.25, 0.3) is 11.5 Å². The number of aromatic nitrogens is 2. The van der Waals surface area contributed by atoms with Gasteiger partial charge in [0, 0.05) is 19.9 Å². The molecule has 0 saturated carbocycles. The Morgan fingerprint density at radius 3 is 2.17 bits per heavy atom. The first-order valence-electron chi connectivity index (χ1n) is 9.58. The molecule has 1 aromatic heterocycles. The minimum absolute atomic E-state index is 0.170. The molecule has 0 fully saturated rings. The van der Waals surface area contributed by atoms with E-state index in [-0.39, 0.29) is 35.7 Å². The molecule has 0 saturated heterocycles. The Bertz CT molecular complexity index is 1190. The van der Waals surface area contributed by atoms with E-state index in [0.717, 1.165) is 0 Å². The maximum atomic E-state index is 13.0. The molecule has 4 rings (SSSR count). The van der Waals surface area contributed by atoms with E-state index in [2.05, 4.69) is 10.4 Å². The molecule has 0 bridgehead atoms. The summed E-state index contributed by atoms with van der Waals surface area (Å²) in [5.74, 6) is -0.672. The van der Waals surface area contributed by atoms with Crippen LogP contribution in [0.3, 0.4) is 0 Å². The van der Waals surface area contributed by atoms with E-state index in [0.29, 0.717) is 17.1 Å². The number of benzene rings is 2. The zero-order valence-electron chi connectivity index (χ0n) is 16.7. The number of carbonyl (C=O) groups is 2. The predicted molar refractivity (Wildman–Crippen MR) is 115 cm³/mol. The zero-order chi connectivity index (χ0) is 21.3. The van der Waals surface area contributed by atoms with Crippen molar-refractivity contribution in [3.8, 4) is 5.69 Å². The van der Waals surface area contributed by atoms with Gasteiger partial charge in [0.1, 0.15) is 11.4 Å². The normalized spacial score (nSPS) is 13.9. The lowest BCUT2D eigenvalue weighted by atomic mass is 10.1. The van der Waals surface area contributed by atoms with Gasteiger partial charge in [0.2, 0.25) is 5.91 Å². The van der Waals surface area contributed by atoms with Crippen LogP contribution in [0, 0.1) is 6.92 Å². The molecule has 2 heterocycles. The Balaban J connectivity index is 1.65. The Labute approximate surface area is 173 Å². The SMILES string of the molecule is Cc1c(NC(=O)C2=NN(c3ccccc3)C(=O)CC2)c(=O)n(-c2ccccc2)n1C. The average molecular weight is 403 g/mol. The second-order valence-corrected chi connectivity index (χ2v) is 6.98. The number of nitrogens with one attached hydrogen (secondary N) is 1. The number of rotatable bonds is 4. The monoisotopic (exact) mass is 403 g/mol. The number of carbonyl (C=O) groups excluding carboxylic acids is 2. The minimum atomic E-state index is -0.491. The van der Waals surface area contributed by atoms with Crippen LogP contribution in [-0.2, 0) is 16.6 Å². The average Bonchev–Trinajstić information content (AvgIpc) is 2.98. The van der Waals surface area contributed by atoms with Crippen LogP contribution in [0.15, 0.2) is 70.6 Å². The van der Waals surface area contributed by atoms with Crippen molar-refractivity contribution in [2.75, 3.05) is 10.3 Å². The molecule has 1 N–H and O–H groups in total. The van der Waals surface area contributed by atoms with Gasteiger partial charge >= 0.3 is 0 Å². The van der Waals surface area contributed by atoms with Gasteiger partial charge in [0.05, 0.1) is 17.1 Å². The highest BCUT2D eigenvalue weighted by Gasteiger charge is 2.27. The van der Waals surface area contributed by atoms with Gasteiger partial charge in [0.15, 0.2) is 0 Å². The van der Waals surface area contributed by atoms with Crippen molar-refractivity contribution in [3.63, 3.8) is 0 Å². The Hall–Kier alpha value is -3.94. The molecule has 0 spiro atoms. The van der Waals surface area contributed by atoms with Gasteiger partial charge in [-0.05, 0) is 31.2 Å². The minimum Gasteiger partial charge on any atom is -0.315 e. The first-order chi connectivity index (χ1) is 14.5. The Morgan fingerprint density at radius 2 is 1.53 bits per heavy atom. The lowest BCUT2D eigenvalue weighted by Gasteiger charge is -2.22. The van der Waals surface area contributed by atoms with Gasteiger partial charge in [-0.1, -0.05) is 36.4 Å². The van der Waals surface area contributed by atoms with Crippen molar-refractivity contribution in [2.45, 2.75) is 19.8 Å². The van der Waals surface area contributed by atoms with E-state index < -0.39 is 5.91 Å². The summed E-state index contributed by atoms with van der Waals surface area (Å²) in [4.78, 5) is 38.1.